The van der Waals surface area contributed by atoms with Gasteiger partial charge in [-0.25, -0.2) is 4.90 Å². The maximum Gasteiger partial charge on any atom is 0.302 e. The monoisotopic (exact) mass is 364 g/mol. The van der Waals surface area contributed by atoms with Gasteiger partial charge in [0.2, 0.25) is 11.7 Å². The molecule has 1 saturated heterocycles. The van der Waals surface area contributed by atoms with Crippen LogP contribution in [-0.2, 0) is 19.2 Å². The number of Topliss-reactive ketones (excluding diaryl/α,β-unsaturated/α-hetero) is 1. The highest BCUT2D eigenvalue weighted by Gasteiger charge is 2.52. The lowest BCUT2D eigenvalue weighted by Gasteiger charge is -2.19. The van der Waals surface area contributed by atoms with Crippen LogP contribution in [0.1, 0.15) is 22.3 Å². The molecular weight excluding hydrogens is 344 g/mol. The highest BCUT2D eigenvalue weighted by molar-refractivity contribution is 6.60. The SMILES string of the molecule is Cc1cccc(C)c1NC(=O)C1C(=O)C(=O)N(c2c(C)cccc2C)C1=O. The second-order valence-electron chi connectivity index (χ2n) is 6.77. The van der Waals surface area contributed by atoms with Crippen LogP contribution in [0.25, 0.3) is 0 Å². The van der Waals surface area contributed by atoms with Crippen molar-refractivity contribution in [3.8, 4) is 0 Å². The van der Waals surface area contributed by atoms with E-state index in [4.69, 9.17) is 0 Å². The Bertz CT molecular complexity index is 953. The van der Waals surface area contributed by atoms with Gasteiger partial charge in [-0.3, -0.25) is 19.2 Å². The molecule has 2 aromatic rings. The van der Waals surface area contributed by atoms with Crippen molar-refractivity contribution in [2.75, 3.05) is 10.2 Å². The molecule has 1 unspecified atom stereocenters. The Balaban J connectivity index is 1.96. The summed E-state index contributed by atoms with van der Waals surface area (Å²) in [6.45, 7) is 7.12. The van der Waals surface area contributed by atoms with Crippen molar-refractivity contribution in [3.05, 3.63) is 58.7 Å². The van der Waals surface area contributed by atoms with Crippen molar-refractivity contribution >= 4 is 34.9 Å². The van der Waals surface area contributed by atoms with Gasteiger partial charge in [-0.05, 0) is 49.9 Å². The first-order chi connectivity index (χ1) is 12.7. The molecule has 0 saturated carbocycles. The number of ketones is 1. The van der Waals surface area contributed by atoms with Gasteiger partial charge in [0, 0.05) is 5.69 Å². The Kier molecular flexibility index (Phi) is 4.66. The van der Waals surface area contributed by atoms with Crippen LogP contribution in [0, 0.1) is 33.6 Å². The number of imide groups is 1. The number of benzene rings is 2. The Labute approximate surface area is 157 Å². The lowest BCUT2D eigenvalue weighted by Crippen LogP contribution is -2.35. The van der Waals surface area contributed by atoms with E-state index in [1.807, 2.05) is 32.0 Å². The van der Waals surface area contributed by atoms with Gasteiger partial charge in [0.1, 0.15) is 0 Å². The maximum absolute atomic E-state index is 12.9. The summed E-state index contributed by atoms with van der Waals surface area (Å²) in [5, 5.41) is 2.64. The second kappa shape index (κ2) is 6.79. The zero-order chi connectivity index (χ0) is 19.9. The normalized spacial score (nSPS) is 16.8. The number of para-hydroxylation sites is 2. The molecule has 1 aliphatic rings. The quantitative estimate of drug-likeness (QED) is 0.515. The number of amides is 3. The summed E-state index contributed by atoms with van der Waals surface area (Å²) >= 11 is 0. The predicted molar refractivity (Wildman–Crippen MR) is 101 cm³/mol. The molecule has 1 heterocycles. The van der Waals surface area contributed by atoms with Gasteiger partial charge in [-0.15, -0.1) is 0 Å². The molecule has 1 atom stereocenters. The van der Waals surface area contributed by atoms with Crippen molar-refractivity contribution in [1.29, 1.82) is 0 Å². The number of aryl methyl sites for hydroxylation is 4. The van der Waals surface area contributed by atoms with Crippen molar-refractivity contribution in [1.82, 2.24) is 0 Å². The van der Waals surface area contributed by atoms with E-state index >= 15 is 0 Å². The minimum atomic E-state index is -1.67. The second-order valence-corrected chi connectivity index (χ2v) is 6.77. The van der Waals surface area contributed by atoms with E-state index in [2.05, 4.69) is 5.32 Å². The third-order valence-corrected chi connectivity index (χ3v) is 4.80. The van der Waals surface area contributed by atoms with E-state index in [0.717, 1.165) is 16.0 Å². The number of hydrogen-bond donors (Lipinski definition) is 1. The summed E-state index contributed by atoms with van der Waals surface area (Å²) in [6, 6.07) is 10.8. The van der Waals surface area contributed by atoms with Crippen LogP contribution in [0.15, 0.2) is 36.4 Å². The first-order valence-corrected chi connectivity index (χ1v) is 8.59. The maximum atomic E-state index is 12.9. The Morgan fingerprint density at radius 1 is 0.852 bits per heavy atom. The van der Waals surface area contributed by atoms with Crippen molar-refractivity contribution in [3.63, 3.8) is 0 Å². The molecule has 6 heteroatoms. The largest absolute Gasteiger partial charge is 0.325 e. The Hall–Kier alpha value is -3.28. The molecule has 6 nitrogen and oxygen atoms in total. The summed E-state index contributed by atoms with van der Waals surface area (Å²) in [6.07, 6.45) is 0. The van der Waals surface area contributed by atoms with Crippen LogP contribution < -0.4 is 10.2 Å². The average Bonchev–Trinajstić information content (AvgIpc) is 2.81. The molecule has 27 heavy (non-hydrogen) atoms. The first-order valence-electron chi connectivity index (χ1n) is 8.59. The number of nitrogens with one attached hydrogen (secondary N) is 1. The van der Waals surface area contributed by atoms with Gasteiger partial charge >= 0.3 is 5.91 Å². The van der Waals surface area contributed by atoms with Crippen LogP contribution in [0.2, 0.25) is 0 Å². The molecular formula is C21H20N2O4. The molecule has 0 bridgehead atoms. The minimum Gasteiger partial charge on any atom is -0.325 e. The molecule has 138 valence electrons. The lowest BCUT2D eigenvalue weighted by molar-refractivity contribution is -0.139. The lowest BCUT2D eigenvalue weighted by atomic mass is 10.0. The number of carbonyl (C=O) groups is 4. The van der Waals surface area contributed by atoms with Gasteiger partial charge in [0.25, 0.3) is 5.91 Å². The molecule has 2 aromatic carbocycles. The zero-order valence-corrected chi connectivity index (χ0v) is 15.6. The number of rotatable bonds is 3. The molecule has 0 radical (unpaired) electrons. The Morgan fingerprint density at radius 2 is 1.33 bits per heavy atom. The number of hydrogen-bond acceptors (Lipinski definition) is 4. The molecule has 3 amide bonds. The van der Waals surface area contributed by atoms with Crippen LogP contribution in [0.5, 0.6) is 0 Å². The summed E-state index contributed by atoms with van der Waals surface area (Å²) in [7, 11) is 0. The highest BCUT2D eigenvalue weighted by Crippen LogP contribution is 2.31. The number of anilines is 2. The van der Waals surface area contributed by atoms with E-state index in [0.29, 0.717) is 22.5 Å². The molecule has 0 aromatic heterocycles. The molecule has 1 aliphatic heterocycles. The first kappa shape index (κ1) is 18.5. The standard InChI is InChI=1S/C21H20N2O4/c1-11-7-5-8-12(2)16(11)22-19(25)15-18(24)21(27)23(20(15)26)17-13(3)9-6-10-14(17)4/h5-10,15H,1-4H3,(H,22,25). The molecule has 1 N–H and O–H groups in total. The third kappa shape index (κ3) is 3.03. The van der Waals surface area contributed by atoms with E-state index in [-0.39, 0.29) is 0 Å². The predicted octanol–water partition coefficient (Wildman–Crippen LogP) is 2.62. The van der Waals surface area contributed by atoms with Crippen molar-refractivity contribution < 1.29 is 19.2 Å². The molecule has 0 spiro atoms. The minimum absolute atomic E-state index is 0.364. The van der Waals surface area contributed by atoms with E-state index in [1.54, 1.807) is 32.0 Å². The Morgan fingerprint density at radius 3 is 1.85 bits per heavy atom. The fourth-order valence-electron chi connectivity index (χ4n) is 3.38. The average molecular weight is 364 g/mol. The summed E-state index contributed by atoms with van der Waals surface area (Å²) in [5.41, 5.74) is 3.88. The molecule has 3 rings (SSSR count). The van der Waals surface area contributed by atoms with Crippen LogP contribution in [0.4, 0.5) is 11.4 Å². The van der Waals surface area contributed by atoms with E-state index in [9.17, 15) is 19.2 Å². The van der Waals surface area contributed by atoms with Crippen LogP contribution in [-0.4, -0.2) is 23.5 Å². The summed E-state index contributed by atoms with van der Waals surface area (Å²) < 4.78 is 0. The van der Waals surface area contributed by atoms with Crippen LogP contribution >= 0.6 is 0 Å². The smallest absolute Gasteiger partial charge is 0.302 e. The number of carbonyl (C=O) groups excluding carboxylic acids is 4. The summed E-state index contributed by atoms with van der Waals surface area (Å²) in [4.78, 5) is 51.3. The number of nitrogens with zero attached hydrogens (tertiary/aromatic N) is 1. The fraction of sp³-hybridized carbons (Fsp3) is 0.238. The highest BCUT2D eigenvalue weighted by atomic mass is 16.2. The fourth-order valence-corrected chi connectivity index (χ4v) is 3.38. The molecule has 0 aliphatic carbocycles. The van der Waals surface area contributed by atoms with Gasteiger partial charge in [-0.1, -0.05) is 36.4 Å². The van der Waals surface area contributed by atoms with Gasteiger partial charge in [0.05, 0.1) is 5.69 Å². The van der Waals surface area contributed by atoms with Crippen molar-refractivity contribution in [2.24, 2.45) is 5.92 Å². The van der Waals surface area contributed by atoms with E-state index in [1.165, 1.54) is 0 Å². The zero-order valence-electron chi connectivity index (χ0n) is 15.6. The van der Waals surface area contributed by atoms with Crippen molar-refractivity contribution in [2.45, 2.75) is 27.7 Å². The van der Waals surface area contributed by atoms with E-state index < -0.39 is 29.4 Å². The topological polar surface area (TPSA) is 83.6 Å². The van der Waals surface area contributed by atoms with Gasteiger partial charge in [-0.2, -0.15) is 0 Å². The van der Waals surface area contributed by atoms with Gasteiger partial charge < -0.3 is 5.32 Å². The van der Waals surface area contributed by atoms with Crippen LogP contribution in [0.3, 0.4) is 0 Å². The summed E-state index contributed by atoms with van der Waals surface area (Å²) in [5.74, 6) is -5.25. The molecule has 1 fully saturated rings. The van der Waals surface area contributed by atoms with Gasteiger partial charge in [0.15, 0.2) is 5.92 Å². The third-order valence-electron chi connectivity index (χ3n) is 4.80.